The number of hydrogen-bond acceptors (Lipinski definition) is 1. The molecule has 0 aliphatic heterocycles. The molecule has 0 atom stereocenters. The highest BCUT2D eigenvalue weighted by Crippen LogP contribution is 2.40. The van der Waals surface area contributed by atoms with Crippen LogP contribution in [0.5, 0.6) is 0 Å². The van der Waals surface area contributed by atoms with E-state index < -0.39 is 5.97 Å². The molecule has 1 rings (SSSR count). The van der Waals surface area contributed by atoms with Gasteiger partial charge in [0.2, 0.25) is 0 Å². The van der Waals surface area contributed by atoms with Gasteiger partial charge in [-0.2, -0.15) is 0 Å². The Morgan fingerprint density at radius 3 is 2.23 bits per heavy atom. The molecule has 22 heavy (non-hydrogen) atoms. The lowest BCUT2D eigenvalue weighted by Crippen LogP contribution is -2.19. The third kappa shape index (κ3) is 5.88. The van der Waals surface area contributed by atoms with Crippen molar-refractivity contribution in [2.24, 2.45) is 5.41 Å². The minimum atomic E-state index is -0.921. The lowest BCUT2D eigenvalue weighted by atomic mass is 9.72. The Kier molecular flexibility index (Phi) is 6.61. The molecule has 0 bridgehead atoms. The number of rotatable bonds is 5. The maximum absolute atomic E-state index is 10.5. The normalized spacial score (nSPS) is 20.2. The topological polar surface area (TPSA) is 37.3 Å². The molecular weight excluding hydrogens is 272 g/mol. The lowest BCUT2D eigenvalue weighted by molar-refractivity contribution is -0.131. The molecule has 0 radical (unpaired) electrons. The molecule has 120 valence electrons. The highest BCUT2D eigenvalue weighted by molar-refractivity contribution is 5.80. The molecule has 2 nitrogen and oxygen atoms in total. The van der Waals surface area contributed by atoms with Crippen LogP contribution >= 0.6 is 0 Å². The second kappa shape index (κ2) is 7.98. The van der Waals surface area contributed by atoms with Crippen molar-refractivity contribution in [3.63, 3.8) is 0 Å². The van der Waals surface area contributed by atoms with Crippen LogP contribution in [-0.2, 0) is 4.79 Å². The lowest BCUT2D eigenvalue weighted by Gasteiger charge is -2.32. The van der Waals surface area contributed by atoms with Crippen LogP contribution in [0.4, 0.5) is 0 Å². The summed E-state index contributed by atoms with van der Waals surface area (Å²) in [6, 6.07) is 0. The molecule has 0 aromatic carbocycles. The molecular formula is C20H28O2. The second-order valence-electron chi connectivity index (χ2n) is 6.76. The number of carboxylic acids is 1. The summed E-state index contributed by atoms with van der Waals surface area (Å²) in [6.45, 7) is 10.8. The molecule has 0 saturated carbocycles. The van der Waals surface area contributed by atoms with E-state index in [4.69, 9.17) is 5.11 Å². The van der Waals surface area contributed by atoms with E-state index in [1.165, 1.54) is 30.4 Å². The van der Waals surface area contributed by atoms with Crippen molar-refractivity contribution in [3.8, 4) is 0 Å². The average Bonchev–Trinajstić information content (AvgIpc) is 2.41. The van der Waals surface area contributed by atoms with Crippen LogP contribution in [0.25, 0.3) is 0 Å². The van der Waals surface area contributed by atoms with Crippen LogP contribution in [0, 0.1) is 5.41 Å². The Labute approximate surface area is 134 Å². The summed E-state index contributed by atoms with van der Waals surface area (Å²) in [4.78, 5) is 10.5. The van der Waals surface area contributed by atoms with Gasteiger partial charge in [0.25, 0.3) is 0 Å². The summed E-state index contributed by atoms with van der Waals surface area (Å²) in [6.07, 6.45) is 14.8. The van der Waals surface area contributed by atoms with Gasteiger partial charge in [0.05, 0.1) is 0 Å². The highest BCUT2D eigenvalue weighted by Gasteiger charge is 2.26. The molecule has 0 fully saturated rings. The predicted molar refractivity (Wildman–Crippen MR) is 93.8 cm³/mol. The maximum atomic E-state index is 10.5. The average molecular weight is 300 g/mol. The first-order chi connectivity index (χ1) is 10.2. The quantitative estimate of drug-likeness (QED) is 0.530. The van der Waals surface area contributed by atoms with Crippen molar-refractivity contribution in [2.45, 2.75) is 53.9 Å². The summed E-state index contributed by atoms with van der Waals surface area (Å²) in [5.74, 6) is -0.921. The van der Waals surface area contributed by atoms with E-state index in [9.17, 15) is 4.79 Å². The highest BCUT2D eigenvalue weighted by atomic mass is 16.4. The van der Waals surface area contributed by atoms with Crippen molar-refractivity contribution in [2.75, 3.05) is 0 Å². The summed E-state index contributed by atoms with van der Waals surface area (Å²) < 4.78 is 0. The summed E-state index contributed by atoms with van der Waals surface area (Å²) >= 11 is 0. The Morgan fingerprint density at radius 1 is 1.09 bits per heavy atom. The molecule has 0 aromatic rings. The third-order valence-corrected chi connectivity index (χ3v) is 4.15. The van der Waals surface area contributed by atoms with E-state index in [1.807, 2.05) is 19.1 Å². The zero-order valence-corrected chi connectivity index (χ0v) is 14.4. The van der Waals surface area contributed by atoms with Crippen LogP contribution < -0.4 is 0 Å². The smallest absolute Gasteiger partial charge is 0.328 e. The van der Waals surface area contributed by atoms with Gasteiger partial charge in [-0.1, -0.05) is 60.9 Å². The van der Waals surface area contributed by atoms with Crippen molar-refractivity contribution >= 4 is 5.97 Å². The van der Waals surface area contributed by atoms with E-state index in [-0.39, 0.29) is 5.41 Å². The molecule has 1 aliphatic carbocycles. The minimum absolute atomic E-state index is 0.259. The first-order valence-electron chi connectivity index (χ1n) is 7.87. The van der Waals surface area contributed by atoms with Gasteiger partial charge < -0.3 is 5.11 Å². The fourth-order valence-electron chi connectivity index (χ4n) is 2.80. The maximum Gasteiger partial charge on any atom is 0.328 e. The van der Waals surface area contributed by atoms with E-state index in [0.29, 0.717) is 0 Å². The van der Waals surface area contributed by atoms with Gasteiger partial charge >= 0.3 is 5.97 Å². The molecule has 0 amide bonds. The number of aliphatic carboxylic acids is 1. The van der Waals surface area contributed by atoms with Gasteiger partial charge in [0.15, 0.2) is 0 Å². The van der Waals surface area contributed by atoms with Crippen molar-refractivity contribution < 1.29 is 9.90 Å². The van der Waals surface area contributed by atoms with E-state index >= 15 is 0 Å². The SMILES string of the molecule is CC1=C(/C=C/C(C)=C/C=C(C)/C=C/C(=O)O)C(C)(C)CCC1. The monoisotopic (exact) mass is 300 g/mol. The molecule has 1 aliphatic rings. The summed E-state index contributed by atoms with van der Waals surface area (Å²) in [5.41, 5.74) is 5.29. The minimum Gasteiger partial charge on any atom is -0.478 e. The summed E-state index contributed by atoms with van der Waals surface area (Å²) in [7, 11) is 0. The van der Waals surface area contributed by atoms with Crippen LogP contribution in [-0.4, -0.2) is 11.1 Å². The Balaban J connectivity index is 2.83. The number of carboxylic acid groups (broad SMARTS) is 1. The van der Waals surface area contributed by atoms with Gasteiger partial charge in [-0.25, -0.2) is 4.79 Å². The van der Waals surface area contributed by atoms with Gasteiger partial charge in [-0.05, 0) is 51.0 Å². The number of carbonyl (C=O) groups is 1. The van der Waals surface area contributed by atoms with Crippen molar-refractivity contribution in [1.82, 2.24) is 0 Å². The zero-order chi connectivity index (χ0) is 16.8. The third-order valence-electron chi connectivity index (χ3n) is 4.15. The molecule has 0 saturated heterocycles. The second-order valence-corrected chi connectivity index (χ2v) is 6.76. The summed E-state index contributed by atoms with van der Waals surface area (Å²) in [5, 5.41) is 8.60. The largest absolute Gasteiger partial charge is 0.478 e. The van der Waals surface area contributed by atoms with E-state index in [0.717, 1.165) is 17.2 Å². The van der Waals surface area contributed by atoms with E-state index in [1.54, 1.807) is 6.08 Å². The zero-order valence-electron chi connectivity index (χ0n) is 14.4. The fourth-order valence-corrected chi connectivity index (χ4v) is 2.80. The molecule has 0 aromatic heterocycles. The fraction of sp³-hybridized carbons (Fsp3) is 0.450. The van der Waals surface area contributed by atoms with Gasteiger partial charge in [-0.15, -0.1) is 0 Å². The number of hydrogen-bond donors (Lipinski definition) is 1. The molecule has 2 heteroatoms. The molecule has 1 N–H and O–H groups in total. The standard InChI is InChI=1S/C20H28O2/c1-15(8-9-16(2)11-13-19(21)22)10-12-18-17(3)7-6-14-20(18,4)5/h8-13H,6-7,14H2,1-5H3,(H,21,22)/b12-10+,13-11+,15-8+,16-9+. The van der Waals surface area contributed by atoms with Crippen LogP contribution in [0.3, 0.4) is 0 Å². The van der Waals surface area contributed by atoms with Crippen LogP contribution in [0.15, 0.2) is 58.7 Å². The Bertz CT molecular complexity index is 567. The first-order valence-corrected chi connectivity index (χ1v) is 7.87. The van der Waals surface area contributed by atoms with Crippen molar-refractivity contribution in [1.29, 1.82) is 0 Å². The predicted octanol–water partition coefficient (Wildman–Crippen LogP) is 5.60. The van der Waals surface area contributed by atoms with Gasteiger partial charge in [-0.3, -0.25) is 0 Å². The van der Waals surface area contributed by atoms with Crippen molar-refractivity contribution in [3.05, 3.63) is 58.7 Å². The molecule has 0 heterocycles. The first kappa shape index (κ1) is 18.2. The molecule has 0 spiro atoms. The van der Waals surface area contributed by atoms with E-state index in [2.05, 4.69) is 39.8 Å². The van der Waals surface area contributed by atoms with Crippen LogP contribution in [0.2, 0.25) is 0 Å². The van der Waals surface area contributed by atoms with Crippen LogP contribution in [0.1, 0.15) is 53.9 Å². The van der Waals surface area contributed by atoms with Gasteiger partial charge in [0, 0.05) is 6.08 Å². The Morgan fingerprint density at radius 2 is 1.68 bits per heavy atom. The Hall–Kier alpha value is -1.83. The number of allylic oxidation sites excluding steroid dienone is 9. The molecule has 0 unspecified atom stereocenters. The van der Waals surface area contributed by atoms with Gasteiger partial charge in [0.1, 0.15) is 0 Å².